The number of carbonyl (C=O) groups is 2. The van der Waals surface area contributed by atoms with Crippen molar-refractivity contribution in [2.45, 2.75) is 32.6 Å². The Morgan fingerprint density at radius 2 is 2.00 bits per heavy atom. The van der Waals surface area contributed by atoms with Crippen molar-refractivity contribution in [3.05, 3.63) is 41.1 Å². The summed E-state index contributed by atoms with van der Waals surface area (Å²) in [6, 6.07) is 7.91. The van der Waals surface area contributed by atoms with Gasteiger partial charge in [0.05, 0.1) is 5.02 Å². The number of hydrogen-bond donors (Lipinski definition) is 3. The first-order valence-electron chi connectivity index (χ1n) is 8.14. The third kappa shape index (κ3) is 5.57. The molecule has 2 rings (SSSR count). The Balaban J connectivity index is 1.99. The number of rotatable bonds is 7. The van der Waals surface area contributed by atoms with Gasteiger partial charge in [-0.2, -0.15) is 0 Å². The van der Waals surface area contributed by atoms with E-state index in [4.69, 9.17) is 33.3 Å². The normalized spacial score (nSPS) is 10.4. The minimum Gasteiger partial charge on any atom is -0.475 e. The molecule has 1 aromatic heterocycles. The molecule has 0 atom stereocenters. The Hall–Kier alpha value is -2.38. The molecule has 3 N–H and O–H groups in total. The van der Waals surface area contributed by atoms with E-state index >= 15 is 0 Å². The fourth-order valence-electron chi connectivity index (χ4n) is 2.28. The highest BCUT2D eigenvalue weighted by Gasteiger charge is 2.13. The molecule has 26 heavy (non-hydrogen) atoms. The molecule has 2 aromatic rings. The number of nitrogens with one attached hydrogen (secondary N) is 2. The van der Waals surface area contributed by atoms with Crippen LogP contribution >= 0.6 is 23.8 Å². The summed E-state index contributed by atoms with van der Waals surface area (Å²) in [7, 11) is 0. The van der Waals surface area contributed by atoms with Gasteiger partial charge in [-0.3, -0.25) is 4.79 Å². The van der Waals surface area contributed by atoms with E-state index in [0.717, 1.165) is 19.3 Å². The van der Waals surface area contributed by atoms with Crippen LogP contribution < -0.4 is 10.6 Å². The van der Waals surface area contributed by atoms with E-state index in [-0.39, 0.29) is 16.8 Å². The van der Waals surface area contributed by atoms with E-state index in [9.17, 15) is 9.59 Å². The lowest BCUT2D eigenvalue weighted by molar-refractivity contribution is -0.119. The largest absolute Gasteiger partial charge is 0.475 e. The molecule has 1 aromatic carbocycles. The maximum absolute atomic E-state index is 11.8. The predicted molar refractivity (Wildman–Crippen MR) is 105 cm³/mol. The molecule has 0 saturated carbocycles. The molecule has 0 saturated heterocycles. The number of hydrogen-bond acceptors (Lipinski definition) is 4. The van der Waals surface area contributed by atoms with Crippen LogP contribution in [0.1, 0.15) is 43.2 Å². The van der Waals surface area contributed by atoms with Gasteiger partial charge in [0, 0.05) is 17.7 Å². The van der Waals surface area contributed by atoms with Crippen LogP contribution in [-0.4, -0.2) is 22.1 Å². The molecule has 0 aliphatic rings. The minimum atomic E-state index is -1.15. The summed E-state index contributed by atoms with van der Waals surface area (Å²) in [5.41, 5.74) is 1.15. The van der Waals surface area contributed by atoms with Crippen LogP contribution in [0, 0.1) is 0 Å². The van der Waals surface area contributed by atoms with E-state index in [2.05, 4.69) is 17.6 Å². The van der Waals surface area contributed by atoms with E-state index in [1.165, 1.54) is 6.07 Å². The molecule has 0 radical (unpaired) electrons. The van der Waals surface area contributed by atoms with Gasteiger partial charge in [-0.25, -0.2) is 4.79 Å². The Morgan fingerprint density at radius 3 is 2.62 bits per heavy atom. The second-order valence-electron chi connectivity index (χ2n) is 5.62. The van der Waals surface area contributed by atoms with E-state index in [0.29, 0.717) is 28.5 Å². The third-order valence-corrected chi connectivity index (χ3v) is 4.09. The summed E-state index contributed by atoms with van der Waals surface area (Å²) in [6.45, 7) is 2.07. The molecule has 0 aliphatic heterocycles. The number of aromatic carboxylic acids is 1. The highest BCUT2D eigenvalue weighted by molar-refractivity contribution is 7.80. The predicted octanol–water partition coefficient (Wildman–Crippen LogP) is 4.69. The topological polar surface area (TPSA) is 91.6 Å². The van der Waals surface area contributed by atoms with Crippen molar-refractivity contribution in [2.24, 2.45) is 0 Å². The first kappa shape index (κ1) is 19.9. The van der Waals surface area contributed by atoms with Gasteiger partial charge in [0.2, 0.25) is 11.7 Å². The molecule has 6 nitrogen and oxygen atoms in total. The van der Waals surface area contributed by atoms with Crippen molar-refractivity contribution in [3.8, 4) is 11.3 Å². The number of benzene rings is 1. The van der Waals surface area contributed by atoms with E-state index < -0.39 is 5.97 Å². The second-order valence-corrected chi connectivity index (χ2v) is 6.44. The maximum Gasteiger partial charge on any atom is 0.371 e. The smallest absolute Gasteiger partial charge is 0.371 e. The molecular formula is C18H19ClN2O4S. The van der Waals surface area contributed by atoms with Gasteiger partial charge in [0.25, 0.3) is 0 Å². The number of furan rings is 1. The molecule has 8 heteroatoms. The minimum absolute atomic E-state index is 0.129. The van der Waals surface area contributed by atoms with Crippen molar-refractivity contribution in [2.75, 3.05) is 5.32 Å². The number of anilines is 1. The zero-order valence-electron chi connectivity index (χ0n) is 14.2. The van der Waals surface area contributed by atoms with E-state index in [1.54, 1.807) is 24.3 Å². The number of carboxylic acids is 1. The van der Waals surface area contributed by atoms with Gasteiger partial charge in [-0.1, -0.05) is 31.4 Å². The monoisotopic (exact) mass is 394 g/mol. The Bertz CT molecular complexity index is 819. The van der Waals surface area contributed by atoms with Gasteiger partial charge in [-0.05, 0) is 49.0 Å². The molecule has 138 valence electrons. The second kappa shape index (κ2) is 9.35. The van der Waals surface area contributed by atoms with Crippen LogP contribution in [0.25, 0.3) is 11.3 Å². The van der Waals surface area contributed by atoms with Gasteiger partial charge in [0.15, 0.2) is 5.11 Å². The number of amides is 1. The lowest BCUT2D eigenvalue weighted by Gasteiger charge is -2.11. The number of unbranched alkanes of at least 4 members (excludes halogenated alkanes) is 2. The first-order chi connectivity index (χ1) is 12.4. The maximum atomic E-state index is 11.8. The lowest BCUT2D eigenvalue weighted by Crippen LogP contribution is -2.33. The van der Waals surface area contributed by atoms with Gasteiger partial charge >= 0.3 is 5.97 Å². The Labute approximate surface area is 161 Å². The van der Waals surface area contributed by atoms with Crippen molar-refractivity contribution in [1.29, 1.82) is 0 Å². The van der Waals surface area contributed by atoms with Crippen LogP contribution in [0.15, 0.2) is 34.7 Å². The number of halogens is 1. The SMILES string of the molecule is CCCCCC(=O)NC(=S)Nc1ccc(-c2ccc(C(=O)O)o2)c(Cl)c1. The summed E-state index contributed by atoms with van der Waals surface area (Å²) in [5, 5.41) is 15.0. The third-order valence-electron chi connectivity index (χ3n) is 3.57. The van der Waals surface area contributed by atoms with Gasteiger partial charge in [-0.15, -0.1) is 0 Å². The van der Waals surface area contributed by atoms with E-state index in [1.807, 2.05) is 0 Å². The van der Waals surface area contributed by atoms with Crippen molar-refractivity contribution in [1.82, 2.24) is 5.32 Å². The summed E-state index contributed by atoms with van der Waals surface area (Å²) in [4.78, 5) is 22.6. The Morgan fingerprint density at radius 1 is 1.23 bits per heavy atom. The average molecular weight is 395 g/mol. The standard InChI is InChI=1S/C18H19ClN2O4S/c1-2-3-4-5-16(22)21-18(26)20-11-6-7-12(13(19)10-11)14-8-9-15(25-14)17(23)24/h6-10H,2-5H2,1H3,(H,23,24)(H2,20,21,22,26). The highest BCUT2D eigenvalue weighted by Crippen LogP contribution is 2.31. The molecule has 1 amide bonds. The van der Waals surface area contributed by atoms with Crippen molar-refractivity contribution >= 4 is 46.5 Å². The number of carboxylic acid groups (broad SMARTS) is 1. The molecule has 1 heterocycles. The first-order valence-corrected chi connectivity index (χ1v) is 8.93. The fraction of sp³-hybridized carbons (Fsp3) is 0.278. The summed E-state index contributed by atoms with van der Waals surface area (Å²) < 4.78 is 5.25. The zero-order chi connectivity index (χ0) is 19.1. The van der Waals surface area contributed by atoms with Crippen LogP contribution in [0.3, 0.4) is 0 Å². The fourth-order valence-corrected chi connectivity index (χ4v) is 2.78. The van der Waals surface area contributed by atoms with Gasteiger partial charge in [0.1, 0.15) is 5.76 Å². The van der Waals surface area contributed by atoms with Crippen molar-refractivity contribution < 1.29 is 19.1 Å². The van der Waals surface area contributed by atoms with Crippen LogP contribution in [-0.2, 0) is 4.79 Å². The zero-order valence-corrected chi connectivity index (χ0v) is 15.7. The van der Waals surface area contributed by atoms with Crippen LogP contribution in [0.4, 0.5) is 5.69 Å². The molecule has 0 spiro atoms. The average Bonchev–Trinajstić information content (AvgIpc) is 3.05. The van der Waals surface area contributed by atoms with Crippen LogP contribution in [0.5, 0.6) is 0 Å². The highest BCUT2D eigenvalue weighted by atomic mass is 35.5. The van der Waals surface area contributed by atoms with Gasteiger partial charge < -0.3 is 20.2 Å². The quantitative estimate of drug-likeness (QED) is 0.466. The number of thiocarbonyl (C=S) groups is 1. The number of carbonyl (C=O) groups excluding carboxylic acids is 1. The summed E-state index contributed by atoms with van der Waals surface area (Å²) >= 11 is 11.4. The molecule has 0 bridgehead atoms. The molecule has 0 fully saturated rings. The van der Waals surface area contributed by atoms with Crippen LogP contribution in [0.2, 0.25) is 5.02 Å². The molecular weight excluding hydrogens is 376 g/mol. The molecule has 0 unspecified atom stereocenters. The summed E-state index contributed by atoms with van der Waals surface area (Å²) in [6.07, 6.45) is 3.30. The van der Waals surface area contributed by atoms with Crippen molar-refractivity contribution in [3.63, 3.8) is 0 Å². The lowest BCUT2D eigenvalue weighted by atomic mass is 10.1. The summed E-state index contributed by atoms with van der Waals surface area (Å²) in [5.74, 6) is -1.09. The Kier molecular flexibility index (Phi) is 7.17. The molecule has 0 aliphatic carbocycles.